The Kier molecular flexibility index (Phi) is 2.78. The van der Waals surface area contributed by atoms with Crippen LogP contribution < -0.4 is 11.1 Å². The van der Waals surface area contributed by atoms with Gasteiger partial charge in [0, 0.05) is 31.3 Å². The number of carbonyl (C=O) groups is 1. The zero-order valence-electron chi connectivity index (χ0n) is 9.64. The van der Waals surface area contributed by atoms with Crippen molar-refractivity contribution >= 4 is 17.3 Å². The summed E-state index contributed by atoms with van der Waals surface area (Å²) in [5, 5.41) is 6.88. The Morgan fingerprint density at radius 2 is 2.29 bits per heavy atom. The van der Waals surface area contributed by atoms with Gasteiger partial charge in [-0.2, -0.15) is 5.10 Å². The predicted octanol–water partition coefficient (Wildman–Crippen LogP) is 0.958. The van der Waals surface area contributed by atoms with Gasteiger partial charge < -0.3 is 11.1 Å². The van der Waals surface area contributed by atoms with Crippen molar-refractivity contribution in [1.29, 1.82) is 0 Å². The molecule has 2 aromatic rings. The van der Waals surface area contributed by atoms with Crippen molar-refractivity contribution in [3.8, 4) is 0 Å². The average molecular weight is 231 g/mol. The molecule has 0 bridgehead atoms. The quantitative estimate of drug-likeness (QED) is 0.806. The molecule has 2 rings (SSSR count). The first-order valence-electron chi connectivity index (χ1n) is 5.09. The summed E-state index contributed by atoms with van der Waals surface area (Å²) in [5.41, 5.74) is 7.88. The second-order valence-electron chi connectivity index (χ2n) is 3.72. The summed E-state index contributed by atoms with van der Waals surface area (Å²) in [6.07, 6.45) is 4.72. The van der Waals surface area contributed by atoms with Gasteiger partial charge in [0.05, 0.1) is 16.9 Å². The number of amides is 1. The summed E-state index contributed by atoms with van der Waals surface area (Å²) in [7, 11) is 1.79. The molecule has 0 aliphatic carbocycles. The van der Waals surface area contributed by atoms with Gasteiger partial charge in [0.25, 0.3) is 5.91 Å². The molecule has 0 unspecified atom stereocenters. The molecule has 0 aliphatic heterocycles. The highest BCUT2D eigenvalue weighted by atomic mass is 16.1. The minimum Gasteiger partial charge on any atom is -0.398 e. The van der Waals surface area contributed by atoms with Gasteiger partial charge in [-0.1, -0.05) is 0 Å². The molecule has 6 nitrogen and oxygen atoms in total. The van der Waals surface area contributed by atoms with E-state index in [1.54, 1.807) is 30.2 Å². The van der Waals surface area contributed by atoms with Crippen LogP contribution in [0.3, 0.4) is 0 Å². The number of nitrogen functional groups attached to an aromatic ring is 1. The smallest absolute Gasteiger partial charge is 0.259 e. The number of carbonyl (C=O) groups excluding carboxylic acids is 1. The lowest BCUT2D eigenvalue weighted by molar-refractivity contribution is 0.102. The van der Waals surface area contributed by atoms with Crippen molar-refractivity contribution in [3.63, 3.8) is 0 Å². The molecule has 0 radical (unpaired) electrons. The highest BCUT2D eigenvalue weighted by Gasteiger charge is 2.12. The van der Waals surface area contributed by atoms with Crippen molar-refractivity contribution < 1.29 is 4.79 Å². The number of nitrogens with one attached hydrogen (secondary N) is 1. The number of aromatic nitrogens is 3. The number of nitrogens with zero attached hydrogens (tertiary/aromatic N) is 3. The molecule has 6 heteroatoms. The van der Waals surface area contributed by atoms with Gasteiger partial charge in [0.15, 0.2) is 0 Å². The first-order valence-corrected chi connectivity index (χ1v) is 5.09. The topological polar surface area (TPSA) is 85.8 Å². The molecule has 3 N–H and O–H groups in total. The zero-order chi connectivity index (χ0) is 12.4. The fourth-order valence-electron chi connectivity index (χ4n) is 1.51. The predicted molar refractivity (Wildman–Crippen MR) is 64.5 cm³/mol. The van der Waals surface area contributed by atoms with Gasteiger partial charge in [0.2, 0.25) is 0 Å². The molecule has 88 valence electrons. The Hall–Kier alpha value is -2.37. The molecule has 1 amide bonds. The van der Waals surface area contributed by atoms with Crippen molar-refractivity contribution in [2.75, 3.05) is 11.1 Å². The highest BCUT2D eigenvalue weighted by molar-refractivity contribution is 6.07. The Balaban J connectivity index is 2.23. The number of nitrogens with two attached hydrogens (primary N) is 1. The number of rotatable bonds is 2. The lowest BCUT2D eigenvalue weighted by atomic mass is 10.2. The average Bonchev–Trinajstić information content (AvgIpc) is 2.58. The minimum atomic E-state index is -0.285. The number of hydrogen-bond acceptors (Lipinski definition) is 4. The molecule has 17 heavy (non-hydrogen) atoms. The van der Waals surface area contributed by atoms with E-state index in [2.05, 4.69) is 15.4 Å². The number of hydrogen-bond donors (Lipinski definition) is 2. The van der Waals surface area contributed by atoms with Crippen LogP contribution in [0.25, 0.3) is 0 Å². The maximum atomic E-state index is 11.9. The largest absolute Gasteiger partial charge is 0.398 e. The Bertz CT molecular complexity index is 561. The SMILES string of the molecule is Cc1nn(C)cc1NC(=O)c1cnccc1N. The summed E-state index contributed by atoms with van der Waals surface area (Å²) in [5.74, 6) is -0.285. The Morgan fingerprint density at radius 1 is 1.53 bits per heavy atom. The van der Waals surface area contributed by atoms with Crippen LogP contribution in [0.2, 0.25) is 0 Å². The van der Waals surface area contributed by atoms with Crippen molar-refractivity contribution in [1.82, 2.24) is 14.8 Å². The standard InChI is InChI=1S/C11H13N5O/c1-7-10(6-16(2)15-7)14-11(17)8-5-13-4-3-9(8)12/h3-6H,1-2H3,(H2,12,13)(H,14,17). The molecule has 0 spiro atoms. The Morgan fingerprint density at radius 3 is 2.88 bits per heavy atom. The summed E-state index contributed by atoms with van der Waals surface area (Å²) >= 11 is 0. The summed E-state index contributed by atoms with van der Waals surface area (Å²) in [6.45, 7) is 1.82. The van der Waals surface area contributed by atoms with Gasteiger partial charge in [0.1, 0.15) is 0 Å². The number of aryl methyl sites for hydroxylation is 2. The fraction of sp³-hybridized carbons (Fsp3) is 0.182. The summed E-state index contributed by atoms with van der Waals surface area (Å²) in [4.78, 5) is 15.8. The van der Waals surface area contributed by atoms with E-state index in [9.17, 15) is 4.79 Å². The van der Waals surface area contributed by atoms with Crippen LogP contribution in [0.5, 0.6) is 0 Å². The molecule has 0 aliphatic rings. The van der Waals surface area contributed by atoms with Crippen LogP contribution in [-0.4, -0.2) is 20.7 Å². The molecule has 0 aromatic carbocycles. The second-order valence-corrected chi connectivity index (χ2v) is 3.72. The highest BCUT2D eigenvalue weighted by Crippen LogP contribution is 2.15. The third kappa shape index (κ3) is 2.25. The first kappa shape index (κ1) is 11.1. The van der Waals surface area contributed by atoms with E-state index in [1.807, 2.05) is 6.92 Å². The van der Waals surface area contributed by atoms with Gasteiger partial charge in [-0.05, 0) is 13.0 Å². The second kappa shape index (κ2) is 4.25. The van der Waals surface area contributed by atoms with Gasteiger partial charge in [-0.3, -0.25) is 14.5 Å². The number of anilines is 2. The van der Waals surface area contributed by atoms with Crippen LogP contribution in [-0.2, 0) is 7.05 Å². The van der Waals surface area contributed by atoms with Crippen LogP contribution in [0, 0.1) is 6.92 Å². The van der Waals surface area contributed by atoms with Crippen molar-refractivity contribution in [3.05, 3.63) is 35.9 Å². The summed E-state index contributed by atoms with van der Waals surface area (Å²) < 4.78 is 1.64. The molecule has 0 atom stereocenters. The zero-order valence-corrected chi connectivity index (χ0v) is 9.64. The first-order chi connectivity index (χ1) is 8.08. The van der Waals surface area contributed by atoms with Crippen molar-refractivity contribution in [2.45, 2.75) is 6.92 Å². The maximum absolute atomic E-state index is 11.9. The maximum Gasteiger partial charge on any atom is 0.259 e. The molecular formula is C11H13N5O. The molecule has 0 fully saturated rings. The van der Waals surface area contributed by atoms with E-state index in [0.29, 0.717) is 16.9 Å². The monoisotopic (exact) mass is 231 g/mol. The van der Waals surface area contributed by atoms with Crippen LogP contribution in [0.4, 0.5) is 11.4 Å². The van der Waals surface area contributed by atoms with E-state index >= 15 is 0 Å². The van der Waals surface area contributed by atoms with E-state index < -0.39 is 0 Å². The Labute approximate surface area is 98.5 Å². The van der Waals surface area contributed by atoms with Gasteiger partial charge in [-0.25, -0.2) is 0 Å². The van der Waals surface area contributed by atoms with E-state index in [0.717, 1.165) is 5.69 Å². The summed E-state index contributed by atoms with van der Waals surface area (Å²) in [6, 6.07) is 1.59. The minimum absolute atomic E-state index is 0.285. The molecule has 0 saturated heterocycles. The third-order valence-corrected chi connectivity index (χ3v) is 2.36. The number of pyridine rings is 1. The van der Waals surface area contributed by atoms with Crippen LogP contribution in [0.1, 0.15) is 16.1 Å². The molecule has 0 saturated carbocycles. The van der Waals surface area contributed by atoms with E-state index in [4.69, 9.17) is 5.73 Å². The van der Waals surface area contributed by atoms with Gasteiger partial charge >= 0.3 is 0 Å². The van der Waals surface area contributed by atoms with E-state index in [1.165, 1.54) is 6.20 Å². The fourth-order valence-corrected chi connectivity index (χ4v) is 1.51. The van der Waals surface area contributed by atoms with Crippen molar-refractivity contribution in [2.24, 2.45) is 7.05 Å². The third-order valence-electron chi connectivity index (χ3n) is 2.36. The molecular weight excluding hydrogens is 218 g/mol. The van der Waals surface area contributed by atoms with Crippen LogP contribution in [0.15, 0.2) is 24.7 Å². The van der Waals surface area contributed by atoms with E-state index in [-0.39, 0.29) is 5.91 Å². The molecule has 2 heterocycles. The lowest BCUT2D eigenvalue weighted by Crippen LogP contribution is -2.14. The van der Waals surface area contributed by atoms with Gasteiger partial charge in [-0.15, -0.1) is 0 Å². The normalized spacial score (nSPS) is 10.2. The van der Waals surface area contributed by atoms with Crippen LogP contribution >= 0.6 is 0 Å². The molecule has 2 aromatic heterocycles. The lowest BCUT2D eigenvalue weighted by Gasteiger charge is -2.05.